The molecule has 2 heterocycles. The minimum Gasteiger partial charge on any atom is -0.373 e. The van der Waals surface area contributed by atoms with E-state index in [0.29, 0.717) is 6.61 Å². The first-order valence-corrected chi connectivity index (χ1v) is 8.11. The second-order valence-electron chi connectivity index (χ2n) is 6.02. The van der Waals surface area contributed by atoms with E-state index in [4.69, 9.17) is 4.74 Å². The first-order valence-electron chi connectivity index (χ1n) is 8.11. The van der Waals surface area contributed by atoms with E-state index >= 15 is 0 Å². The van der Waals surface area contributed by atoms with Crippen molar-refractivity contribution in [1.29, 1.82) is 0 Å². The Balaban J connectivity index is 1.75. The number of morpholine rings is 1. The quantitative estimate of drug-likeness (QED) is 0.847. The van der Waals surface area contributed by atoms with Gasteiger partial charge >= 0.3 is 0 Å². The summed E-state index contributed by atoms with van der Waals surface area (Å²) < 4.78 is 18.7. The number of hydrazine groups is 1. The zero-order valence-corrected chi connectivity index (χ0v) is 13.0. The van der Waals surface area contributed by atoms with E-state index in [1.807, 2.05) is 18.7 Å². The highest BCUT2D eigenvalue weighted by atomic mass is 19.1. The van der Waals surface area contributed by atoms with Gasteiger partial charge < -0.3 is 4.74 Å². The molecule has 2 aliphatic heterocycles. The number of nitrogens with zero attached hydrogens (tertiary/aromatic N) is 2. The number of halogens is 1. The zero-order chi connectivity index (χ0) is 15.6. The SMILES string of the molecule is Fc1ccc([C@H]2c3ccccc3CCN2N2C[CH]OCC2)cc1. The van der Waals surface area contributed by atoms with E-state index < -0.39 is 0 Å². The number of rotatable bonds is 2. The molecule has 4 rings (SSSR count). The highest BCUT2D eigenvalue weighted by Gasteiger charge is 2.33. The molecule has 0 saturated carbocycles. The van der Waals surface area contributed by atoms with Crippen LogP contribution in [0.3, 0.4) is 0 Å². The Morgan fingerprint density at radius 2 is 1.83 bits per heavy atom. The predicted molar refractivity (Wildman–Crippen MR) is 86.9 cm³/mol. The molecule has 0 aromatic heterocycles. The Bertz CT molecular complexity index is 667. The molecule has 1 saturated heterocycles. The van der Waals surface area contributed by atoms with E-state index in [-0.39, 0.29) is 11.9 Å². The number of hydrogen-bond acceptors (Lipinski definition) is 3. The van der Waals surface area contributed by atoms with E-state index in [1.165, 1.54) is 11.1 Å². The Hall–Kier alpha value is -1.75. The zero-order valence-electron chi connectivity index (χ0n) is 13.0. The van der Waals surface area contributed by atoms with Gasteiger partial charge in [-0.05, 0) is 35.2 Å². The molecular weight excluding hydrogens is 291 g/mol. The molecule has 1 radical (unpaired) electrons. The van der Waals surface area contributed by atoms with Crippen molar-refractivity contribution in [2.75, 3.05) is 26.2 Å². The van der Waals surface area contributed by atoms with Crippen molar-refractivity contribution in [2.24, 2.45) is 0 Å². The van der Waals surface area contributed by atoms with Crippen molar-refractivity contribution in [3.05, 3.63) is 77.6 Å². The highest BCUT2D eigenvalue weighted by molar-refractivity contribution is 5.39. The summed E-state index contributed by atoms with van der Waals surface area (Å²) in [6.45, 7) is 5.23. The van der Waals surface area contributed by atoms with Crippen LogP contribution in [0.5, 0.6) is 0 Å². The summed E-state index contributed by atoms with van der Waals surface area (Å²) >= 11 is 0. The third-order valence-electron chi connectivity index (χ3n) is 4.68. The maximum atomic E-state index is 13.4. The average Bonchev–Trinajstić information content (AvgIpc) is 2.62. The van der Waals surface area contributed by atoms with Gasteiger partial charge in [0.25, 0.3) is 0 Å². The molecular formula is C19H20FN2O. The molecule has 0 bridgehead atoms. The monoisotopic (exact) mass is 311 g/mol. The lowest BCUT2D eigenvalue weighted by atomic mass is 9.89. The van der Waals surface area contributed by atoms with Gasteiger partial charge in [-0.25, -0.2) is 14.4 Å². The van der Waals surface area contributed by atoms with Crippen LogP contribution >= 0.6 is 0 Å². The second kappa shape index (κ2) is 6.40. The van der Waals surface area contributed by atoms with Crippen LogP contribution in [0.2, 0.25) is 0 Å². The highest BCUT2D eigenvalue weighted by Crippen LogP contribution is 2.36. The smallest absolute Gasteiger partial charge is 0.123 e. The first kappa shape index (κ1) is 14.8. The minimum atomic E-state index is -0.191. The maximum absolute atomic E-state index is 13.4. The summed E-state index contributed by atoms with van der Waals surface area (Å²) in [5, 5.41) is 4.75. The Morgan fingerprint density at radius 3 is 2.61 bits per heavy atom. The van der Waals surface area contributed by atoms with Gasteiger partial charge in [0.15, 0.2) is 0 Å². The minimum absolute atomic E-state index is 0.132. The molecule has 1 fully saturated rings. The average molecular weight is 311 g/mol. The first-order chi connectivity index (χ1) is 11.3. The van der Waals surface area contributed by atoms with Gasteiger partial charge in [0.2, 0.25) is 0 Å². The molecule has 23 heavy (non-hydrogen) atoms. The van der Waals surface area contributed by atoms with E-state index in [0.717, 1.165) is 31.6 Å². The van der Waals surface area contributed by atoms with E-state index in [1.54, 1.807) is 12.1 Å². The molecule has 2 aromatic rings. The third-order valence-corrected chi connectivity index (χ3v) is 4.68. The van der Waals surface area contributed by atoms with Crippen LogP contribution in [0.1, 0.15) is 22.7 Å². The van der Waals surface area contributed by atoms with Gasteiger partial charge in [-0.3, -0.25) is 0 Å². The molecule has 3 nitrogen and oxygen atoms in total. The van der Waals surface area contributed by atoms with E-state index in [9.17, 15) is 4.39 Å². The van der Waals surface area contributed by atoms with Gasteiger partial charge in [0.1, 0.15) is 5.82 Å². The van der Waals surface area contributed by atoms with E-state index in [2.05, 4.69) is 34.3 Å². The van der Waals surface area contributed by atoms with Crippen molar-refractivity contribution in [1.82, 2.24) is 10.0 Å². The summed E-state index contributed by atoms with van der Waals surface area (Å²) in [6.07, 6.45) is 1.03. The van der Waals surface area contributed by atoms with Crippen molar-refractivity contribution in [3.8, 4) is 0 Å². The fourth-order valence-electron chi connectivity index (χ4n) is 3.56. The van der Waals surface area contributed by atoms with Crippen LogP contribution in [-0.2, 0) is 11.2 Å². The van der Waals surface area contributed by atoms with Crippen molar-refractivity contribution in [3.63, 3.8) is 0 Å². The molecule has 2 aliphatic rings. The number of benzene rings is 2. The summed E-state index contributed by atoms with van der Waals surface area (Å²) in [5.41, 5.74) is 3.83. The van der Waals surface area contributed by atoms with Crippen LogP contribution in [0.15, 0.2) is 48.5 Å². The Labute approximate surface area is 136 Å². The second-order valence-corrected chi connectivity index (χ2v) is 6.02. The molecule has 0 N–H and O–H groups in total. The normalized spacial score (nSPS) is 22.7. The molecule has 2 aromatic carbocycles. The van der Waals surface area contributed by atoms with Crippen LogP contribution < -0.4 is 0 Å². The van der Waals surface area contributed by atoms with Crippen molar-refractivity contribution < 1.29 is 9.13 Å². The fourth-order valence-corrected chi connectivity index (χ4v) is 3.56. The molecule has 4 heteroatoms. The fraction of sp³-hybridized carbons (Fsp3) is 0.316. The lowest BCUT2D eigenvalue weighted by Gasteiger charge is -2.45. The Morgan fingerprint density at radius 1 is 1.00 bits per heavy atom. The summed E-state index contributed by atoms with van der Waals surface area (Å²) in [7, 11) is 0. The Kier molecular flexibility index (Phi) is 4.12. The standard InChI is InChI=1S/C19H20FN2O/c20-17-7-5-16(6-8-17)19-18-4-2-1-3-15(18)9-10-22(19)21-11-13-23-14-12-21/h1-8,13,19H,9-12,14H2/t19-/m0/s1. The van der Waals surface area contributed by atoms with Gasteiger partial charge in [-0.1, -0.05) is 36.4 Å². The largest absolute Gasteiger partial charge is 0.373 e. The molecule has 0 unspecified atom stereocenters. The topological polar surface area (TPSA) is 15.7 Å². The number of fused-ring (bicyclic) bond motifs is 1. The van der Waals surface area contributed by atoms with Crippen LogP contribution in [0.25, 0.3) is 0 Å². The van der Waals surface area contributed by atoms with Crippen LogP contribution in [-0.4, -0.2) is 36.3 Å². The van der Waals surface area contributed by atoms with Crippen molar-refractivity contribution in [2.45, 2.75) is 12.5 Å². The number of ether oxygens (including phenoxy) is 1. The summed E-state index contributed by atoms with van der Waals surface area (Å²) in [6, 6.07) is 15.6. The van der Waals surface area contributed by atoms with Gasteiger partial charge in [0.05, 0.1) is 19.3 Å². The lowest BCUT2D eigenvalue weighted by molar-refractivity contribution is -0.0916. The van der Waals surface area contributed by atoms with Crippen LogP contribution in [0.4, 0.5) is 4.39 Å². The maximum Gasteiger partial charge on any atom is 0.123 e. The van der Waals surface area contributed by atoms with Crippen molar-refractivity contribution >= 4 is 0 Å². The third kappa shape index (κ3) is 2.90. The molecule has 0 spiro atoms. The lowest BCUT2D eigenvalue weighted by Crippen LogP contribution is -2.51. The number of hydrogen-bond donors (Lipinski definition) is 0. The molecule has 119 valence electrons. The molecule has 0 aliphatic carbocycles. The molecule has 1 atom stereocenters. The van der Waals surface area contributed by atoms with Gasteiger partial charge in [-0.15, -0.1) is 0 Å². The summed E-state index contributed by atoms with van der Waals surface area (Å²) in [4.78, 5) is 0. The molecule has 0 amide bonds. The van der Waals surface area contributed by atoms with Gasteiger partial charge in [-0.2, -0.15) is 0 Å². The van der Waals surface area contributed by atoms with Crippen LogP contribution in [0, 0.1) is 12.4 Å². The summed E-state index contributed by atoms with van der Waals surface area (Å²) in [5.74, 6) is -0.191. The van der Waals surface area contributed by atoms with Gasteiger partial charge in [0, 0.05) is 19.6 Å². The predicted octanol–water partition coefficient (Wildman–Crippen LogP) is 3.18.